The Kier molecular flexibility index (Phi) is 7.10. The highest BCUT2D eigenvalue weighted by molar-refractivity contribution is 6.31. The lowest BCUT2D eigenvalue weighted by molar-refractivity contribution is -0.141. The number of hydrogen-bond donors (Lipinski definition) is 1. The van der Waals surface area contributed by atoms with Crippen LogP contribution in [0, 0.1) is 0 Å². The normalized spacial score (nSPS) is 11.5. The third kappa shape index (κ3) is 5.96. The molecule has 1 unspecified atom stereocenters. The van der Waals surface area contributed by atoms with Crippen molar-refractivity contribution in [2.75, 3.05) is 13.7 Å². The van der Waals surface area contributed by atoms with Crippen LogP contribution >= 0.6 is 23.2 Å². The smallest absolute Gasteiger partial charge is 0.307 e. The summed E-state index contributed by atoms with van der Waals surface area (Å²) in [5.74, 6) is -0.375. The number of hydrogen-bond acceptors (Lipinski definition) is 4. The molecule has 132 valence electrons. The van der Waals surface area contributed by atoms with E-state index >= 15 is 0 Å². The van der Waals surface area contributed by atoms with Crippen LogP contribution < -0.4 is 10.1 Å². The van der Waals surface area contributed by atoms with E-state index in [9.17, 15) is 9.59 Å². The van der Waals surface area contributed by atoms with Crippen LogP contribution in [-0.4, -0.2) is 25.6 Å². The molecule has 0 fully saturated rings. The van der Waals surface area contributed by atoms with Gasteiger partial charge in [-0.3, -0.25) is 9.59 Å². The zero-order valence-electron chi connectivity index (χ0n) is 13.5. The van der Waals surface area contributed by atoms with E-state index in [-0.39, 0.29) is 13.0 Å². The van der Waals surface area contributed by atoms with E-state index in [2.05, 4.69) is 10.1 Å². The summed E-state index contributed by atoms with van der Waals surface area (Å²) in [6.07, 6.45) is -0.0386. The van der Waals surface area contributed by atoms with Crippen LogP contribution in [0.1, 0.15) is 18.0 Å². The number of nitrogens with one attached hydrogen (secondary N) is 1. The molecule has 0 spiro atoms. The van der Waals surface area contributed by atoms with Gasteiger partial charge in [0.05, 0.1) is 19.6 Å². The molecule has 1 atom stereocenters. The summed E-state index contributed by atoms with van der Waals surface area (Å²) < 4.78 is 10.1. The van der Waals surface area contributed by atoms with Gasteiger partial charge in [-0.05, 0) is 29.8 Å². The standard InChI is InChI=1S/C18H17Cl2NO4/c1-24-18(23)10-16(14-7-2-3-8-15(14)20)21-17(22)11-25-13-6-4-5-12(19)9-13/h2-9,16H,10-11H2,1H3,(H,21,22). The number of methoxy groups -OCH3 is 1. The van der Waals surface area contributed by atoms with Gasteiger partial charge in [0, 0.05) is 10.0 Å². The van der Waals surface area contributed by atoms with Crippen LogP contribution in [0.2, 0.25) is 10.0 Å². The molecular weight excluding hydrogens is 365 g/mol. The summed E-state index contributed by atoms with van der Waals surface area (Å²) in [5.41, 5.74) is 0.630. The maximum absolute atomic E-state index is 12.2. The zero-order valence-corrected chi connectivity index (χ0v) is 15.0. The summed E-state index contributed by atoms with van der Waals surface area (Å²) in [4.78, 5) is 23.8. The Balaban J connectivity index is 2.04. The van der Waals surface area contributed by atoms with Crippen molar-refractivity contribution in [2.24, 2.45) is 0 Å². The number of halogens is 2. The fourth-order valence-corrected chi connectivity index (χ4v) is 2.64. The van der Waals surface area contributed by atoms with Gasteiger partial charge in [0.2, 0.25) is 0 Å². The molecule has 2 rings (SSSR count). The quantitative estimate of drug-likeness (QED) is 0.740. The first-order valence-electron chi connectivity index (χ1n) is 7.48. The average molecular weight is 382 g/mol. The first-order chi connectivity index (χ1) is 12.0. The van der Waals surface area contributed by atoms with Gasteiger partial charge in [-0.2, -0.15) is 0 Å². The van der Waals surface area contributed by atoms with Crippen molar-refractivity contribution in [3.63, 3.8) is 0 Å². The molecule has 1 N–H and O–H groups in total. The molecule has 0 aliphatic carbocycles. The molecule has 5 nitrogen and oxygen atoms in total. The summed E-state index contributed by atoms with van der Waals surface area (Å²) in [6.45, 7) is -0.220. The highest BCUT2D eigenvalue weighted by Crippen LogP contribution is 2.25. The summed E-state index contributed by atoms with van der Waals surface area (Å²) >= 11 is 12.0. The molecule has 0 radical (unpaired) electrons. The van der Waals surface area contributed by atoms with Gasteiger partial charge in [0.25, 0.3) is 5.91 Å². The van der Waals surface area contributed by atoms with Crippen LogP contribution in [0.15, 0.2) is 48.5 Å². The van der Waals surface area contributed by atoms with Crippen molar-refractivity contribution in [3.05, 3.63) is 64.1 Å². The largest absolute Gasteiger partial charge is 0.484 e. The molecule has 0 saturated carbocycles. The molecule has 7 heteroatoms. The van der Waals surface area contributed by atoms with Crippen LogP contribution in [0.5, 0.6) is 5.75 Å². The van der Waals surface area contributed by atoms with Gasteiger partial charge in [0.15, 0.2) is 6.61 Å². The van der Waals surface area contributed by atoms with E-state index in [1.54, 1.807) is 48.5 Å². The van der Waals surface area contributed by atoms with Crippen molar-refractivity contribution in [3.8, 4) is 5.75 Å². The predicted octanol–water partition coefficient (Wildman–Crippen LogP) is 3.79. The van der Waals surface area contributed by atoms with Gasteiger partial charge in [-0.15, -0.1) is 0 Å². The van der Waals surface area contributed by atoms with E-state index in [0.29, 0.717) is 21.4 Å². The fraction of sp³-hybridized carbons (Fsp3) is 0.222. The van der Waals surface area contributed by atoms with Crippen molar-refractivity contribution < 1.29 is 19.1 Å². The second kappa shape index (κ2) is 9.30. The Morgan fingerprint density at radius 2 is 1.88 bits per heavy atom. The topological polar surface area (TPSA) is 64.6 Å². The van der Waals surface area contributed by atoms with Crippen molar-refractivity contribution in [1.82, 2.24) is 5.32 Å². The van der Waals surface area contributed by atoms with Crippen molar-refractivity contribution >= 4 is 35.1 Å². The van der Waals surface area contributed by atoms with Crippen LogP contribution in [-0.2, 0) is 14.3 Å². The number of ether oxygens (including phenoxy) is 2. The van der Waals surface area contributed by atoms with E-state index in [0.717, 1.165) is 0 Å². The minimum atomic E-state index is -0.614. The van der Waals surface area contributed by atoms with E-state index in [4.69, 9.17) is 27.9 Å². The number of rotatable bonds is 7. The summed E-state index contributed by atoms with van der Waals surface area (Å²) in [6, 6.07) is 13.1. The minimum Gasteiger partial charge on any atom is -0.484 e. The highest BCUT2D eigenvalue weighted by atomic mass is 35.5. The Labute approximate surface area is 155 Å². The number of esters is 1. The second-order valence-corrected chi connectivity index (χ2v) is 6.01. The van der Waals surface area contributed by atoms with Crippen molar-refractivity contribution in [1.29, 1.82) is 0 Å². The number of carbonyl (C=O) groups is 2. The molecular formula is C18H17Cl2NO4. The summed E-state index contributed by atoms with van der Waals surface area (Å²) in [7, 11) is 1.29. The Hall–Kier alpha value is -2.24. The monoisotopic (exact) mass is 381 g/mol. The highest BCUT2D eigenvalue weighted by Gasteiger charge is 2.21. The van der Waals surface area contributed by atoms with Gasteiger partial charge < -0.3 is 14.8 Å². The molecule has 2 aromatic carbocycles. The van der Waals surface area contributed by atoms with Gasteiger partial charge in [-0.25, -0.2) is 0 Å². The predicted molar refractivity (Wildman–Crippen MR) is 95.9 cm³/mol. The van der Waals surface area contributed by atoms with Crippen LogP contribution in [0.25, 0.3) is 0 Å². The van der Waals surface area contributed by atoms with E-state index in [1.807, 2.05) is 0 Å². The van der Waals surface area contributed by atoms with Gasteiger partial charge in [-0.1, -0.05) is 47.5 Å². The zero-order chi connectivity index (χ0) is 18.2. The SMILES string of the molecule is COC(=O)CC(NC(=O)COc1cccc(Cl)c1)c1ccccc1Cl. The molecule has 0 aromatic heterocycles. The minimum absolute atomic E-state index is 0.0386. The van der Waals surface area contributed by atoms with Crippen molar-refractivity contribution in [2.45, 2.75) is 12.5 Å². The molecule has 0 saturated heterocycles. The van der Waals surface area contributed by atoms with E-state index < -0.39 is 17.9 Å². The molecule has 0 aliphatic rings. The lowest BCUT2D eigenvalue weighted by atomic mass is 10.0. The third-order valence-electron chi connectivity index (χ3n) is 3.38. The van der Waals surface area contributed by atoms with Gasteiger partial charge in [0.1, 0.15) is 5.75 Å². The van der Waals surface area contributed by atoms with Gasteiger partial charge >= 0.3 is 5.97 Å². The number of amides is 1. The molecule has 2 aromatic rings. The van der Waals surface area contributed by atoms with Crippen LogP contribution in [0.3, 0.4) is 0 Å². The molecule has 25 heavy (non-hydrogen) atoms. The first-order valence-corrected chi connectivity index (χ1v) is 8.24. The lowest BCUT2D eigenvalue weighted by Gasteiger charge is -2.19. The maximum Gasteiger partial charge on any atom is 0.307 e. The average Bonchev–Trinajstić information content (AvgIpc) is 2.60. The Morgan fingerprint density at radius 3 is 2.56 bits per heavy atom. The number of carbonyl (C=O) groups excluding carboxylic acids is 2. The molecule has 0 heterocycles. The first kappa shape index (κ1) is 19.1. The summed E-state index contributed by atoms with van der Waals surface area (Å²) in [5, 5.41) is 3.70. The molecule has 0 bridgehead atoms. The Bertz CT molecular complexity index is 751. The third-order valence-corrected chi connectivity index (χ3v) is 3.96. The Morgan fingerprint density at radius 1 is 1.12 bits per heavy atom. The maximum atomic E-state index is 12.2. The second-order valence-electron chi connectivity index (χ2n) is 5.17. The van der Waals surface area contributed by atoms with E-state index in [1.165, 1.54) is 7.11 Å². The lowest BCUT2D eigenvalue weighted by Crippen LogP contribution is -2.34. The fourth-order valence-electron chi connectivity index (χ4n) is 2.19. The van der Waals surface area contributed by atoms with Crippen LogP contribution in [0.4, 0.5) is 0 Å². The molecule has 1 amide bonds. The number of benzene rings is 2. The molecule has 0 aliphatic heterocycles.